The molecule has 2 heterocycles. The number of hydrogen-bond donors (Lipinski definition) is 3. The molecule has 0 radical (unpaired) electrons. The van der Waals surface area contributed by atoms with Gasteiger partial charge in [0.1, 0.15) is 35.5 Å². The van der Waals surface area contributed by atoms with Gasteiger partial charge in [-0.05, 0) is 24.3 Å². The number of aromatic nitrogens is 3. The lowest BCUT2D eigenvalue weighted by molar-refractivity contribution is -0.178. The van der Waals surface area contributed by atoms with Crippen LogP contribution in [0.3, 0.4) is 0 Å². The number of thioether (sulfide) groups is 1. The molecule has 1 aromatic carbocycles. The lowest BCUT2D eigenvalue weighted by Gasteiger charge is -2.41. The number of ether oxygens (including phenoxy) is 1. The van der Waals surface area contributed by atoms with Gasteiger partial charge in [-0.3, -0.25) is 0 Å². The molecule has 5 atom stereocenters. The van der Waals surface area contributed by atoms with Crippen LogP contribution in [0.1, 0.15) is 25.8 Å². The summed E-state index contributed by atoms with van der Waals surface area (Å²) in [7, 11) is 0. The Hall–Kier alpha value is -1.66. The van der Waals surface area contributed by atoms with Crippen molar-refractivity contribution >= 4 is 11.8 Å². The summed E-state index contributed by atoms with van der Waals surface area (Å²) < 4.78 is 47.0. The number of halogens is 3. The topological polar surface area (TPSA) is 101 Å². The molecule has 3 rings (SSSR count). The van der Waals surface area contributed by atoms with Gasteiger partial charge in [0.2, 0.25) is 0 Å². The smallest absolute Gasteiger partial charge is 0.194 e. The van der Waals surface area contributed by atoms with Crippen LogP contribution in [-0.2, 0) is 4.74 Å². The molecule has 1 aliphatic rings. The van der Waals surface area contributed by atoms with Crippen LogP contribution in [0.4, 0.5) is 13.2 Å². The number of rotatable bonds is 7. The fourth-order valence-corrected chi connectivity index (χ4v) is 4.39. The number of aliphatic hydroxyl groups is 3. The normalized spacial score (nSPS) is 27.3. The van der Waals surface area contributed by atoms with Crippen molar-refractivity contribution < 1.29 is 33.2 Å². The Morgan fingerprint density at radius 3 is 2.48 bits per heavy atom. The Kier molecular flexibility index (Phi) is 7.17. The predicted octanol–water partition coefficient (Wildman–Crippen LogP) is 1.88. The molecule has 3 N–H and O–H groups in total. The molecule has 0 bridgehead atoms. The third-order valence-electron chi connectivity index (χ3n) is 4.72. The average Bonchev–Trinajstić information content (AvgIpc) is 3.17. The fourth-order valence-electron chi connectivity index (χ4n) is 3.12. The van der Waals surface area contributed by atoms with Crippen LogP contribution < -0.4 is 0 Å². The van der Waals surface area contributed by atoms with E-state index in [0.717, 1.165) is 30.7 Å². The second-order valence-corrected chi connectivity index (χ2v) is 7.97. The van der Waals surface area contributed by atoms with E-state index in [1.807, 2.05) is 6.92 Å². The minimum absolute atomic E-state index is 0.0319. The van der Waals surface area contributed by atoms with E-state index < -0.39 is 53.8 Å². The molecule has 1 fully saturated rings. The minimum Gasteiger partial charge on any atom is -0.394 e. The molecule has 160 valence electrons. The van der Waals surface area contributed by atoms with E-state index in [9.17, 15) is 28.5 Å². The maximum Gasteiger partial charge on any atom is 0.194 e. The van der Waals surface area contributed by atoms with E-state index in [2.05, 4.69) is 10.3 Å². The number of aliphatic hydroxyl groups excluding tert-OH is 3. The summed E-state index contributed by atoms with van der Waals surface area (Å²) in [5.41, 5.74) is -0.721. The molecule has 0 unspecified atom stereocenters. The van der Waals surface area contributed by atoms with E-state index in [-0.39, 0.29) is 11.3 Å². The van der Waals surface area contributed by atoms with Crippen LogP contribution in [-0.4, -0.2) is 66.4 Å². The van der Waals surface area contributed by atoms with Crippen molar-refractivity contribution in [2.45, 2.75) is 49.6 Å². The van der Waals surface area contributed by atoms with Gasteiger partial charge in [0.05, 0.1) is 12.8 Å². The van der Waals surface area contributed by atoms with Crippen LogP contribution in [0.25, 0.3) is 11.3 Å². The maximum absolute atomic E-state index is 13.5. The lowest BCUT2D eigenvalue weighted by atomic mass is 9.97. The van der Waals surface area contributed by atoms with Crippen molar-refractivity contribution in [3.05, 3.63) is 35.8 Å². The van der Waals surface area contributed by atoms with Gasteiger partial charge in [-0.2, -0.15) is 0 Å². The molecule has 0 aliphatic carbocycles. The molecule has 11 heteroatoms. The Bertz CT molecular complexity index is 817. The molecule has 1 aromatic heterocycles. The van der Waals surface area contributed by atoms with E-state index in [1.54, 1.807) is 0 Å². The van der Waals surface area contributed by atoms with Crippen LogP contribution in [0.5, 0.6) is 0 Å². The van der Waals surface area contributed by atoms with Crippen molar-refractivity contribution in [1.82, 2.24) is 15.0 Å². The Morgan fingerprint density at radius 1 is 1.17 bits per heavy atom. The fraction of sp³-hybridized carbons (Fsp3) is 0.556. The Morgan fingerprint density at radius 2 is 1.86 bits per heavy atom. The highest BCUT2D eigenvalue weighted by atomic mass is 32.2. The summed E-state index contributed by atoms with van der Waals surface area (Å²) in [5, 5.41) is 38.5. The summed E-state index contributed by atoms with van der Waals surface area (Å²) in [6.07, 6.45) is -0.265. The predicted molar refractivity (Wildman–Crippen MR) is 99.5 cm³/mol. The summed E-state index contributed by atoms with van der Waals surface area (Å²) in [6.45, 7) is 1.56. The number of unbranched alkanes of at least 4 members (excludes halogenated alkanes) is 1. The van der Waals surface area contributed by atoms with Gasteiger partial charge in [0.25, 0.3) is 0 Å². The first-order valence-electron chi connectivity index (χ1n) is 9.18. The quantitative estimate of drug-likeness (QED) is 0.453. The van der Waals surface area contributed by atoms with Crippen LogP contribution in [0.2, 0.25) is 0 Å². The van der Waals surface area contributed by atoms with Crippen molar-refractivity contribution in [1.29, 1.82) is 0 Å². The number of hydrogen-bond acceptors (Lipinski definition) is 7. The zero-order valence-corrected chi connectivity index (χ0v) is 16.4. The van der Waals surface area contributed by atoms with Crippen molar-refractivity contribution in [2.24, 2.45) is 0 Å². The summed E-state index contributed by atoms with van der Waals surface area (Å²) in [4.78, 5) is 0. The molecule has 0 saturated carbocycles. The average molecular weight is 433 g/mol. The molecular weight excluding hydrogens is 411 g/mol. The number of nitrogens with zero attached hydrogens (tertiary/aromatic N) is 3. The first-order valence-corrected chi connectivity index (χ1v) is 10.2. The SMILES string of the molecule is CCCCS[C@H]1O[C@H](CO)[C@H](O)[C@H](n2cc(-c3cc(F)c(F)c(F)c3)nn2)[C@H]1O. The standard InChI is InChI=1S/C18H22F3N3O4S/c1-2-3-4-29-18-17(27)15(16(26)13(8-25)28-18)24-7-12(22-23-24)9-5-10(19)14(21)11(20)6-9/h5-7,13,15-18,25-27H,2-4,8H2,1H3/t13-,15+,16+,17-,18-/m1/s1. The molecule has 1 aliphatic heterocycles. The summed E-state index contributed by atoms with van der Waals surface area (Å²) >= 11 is 1.36. The van der Waals surface area contributed by atoms with Crippen LogP contribution >= 0.6 is 11.8 Å². The second-order valence-electron chi connectivity index (χ2n) is 6.76. The van der Waals surface area contributed by atoms with E-state index >= 15 is 0 Å². The zero-order valence-electron chi connectivity index (χ0n) is 15.6. The molecule has 2 aromatic rings. The Labute approximate surface area is 169 Å². The molecular formula is C18H22F3N3O4S. The minimum atomic E-state index is -1.59. The Balaban J connectivity index is 1.87. The zero-order chi connectivity index (χ0) is 21.1. The van der Waals surface area contributed by atoms with Crippen LogP contribution in [0, 0.1) is 17.5 Å². The number of benzene rings is 1. The van der Waals surface area contributed by atoms with Gasteiger partial charge in [0, 0.05) is 5.56 Å². The van der Waals surface area contributed by atoms with E-state index in [1.165, 1.54) is 22.6 Å². The van der Waals surface area contributed by atoms with Crippen molar-refractivity contribution in [3.63, 3.8) is 0 Å². The van der Waals surface area contributed by atoms with Crippen LogP contribution in [0.15, 0.2) is 18.3 Å². The molecule has 0 amide bonds. The van der Waals surface area contributed by atoms with Gasteiger partial charge < -0.3 is 20.1 Å². The van der Waals surface area contributed by atoms with E-state index in [4.69, 9.17) is 4.74 Å². The molecule has 1 saturated heterocycles. The van der Waals surface area contributed by atoms with Gasteiger partial charge in [-0.25, -0.2) is 17.9 Å². The highest BCUT2D eigenvalue weighted by Gasteiger charge is 2.46. The molecule has 7 nitrogen and oxygen atoms in total. The van der Waals surface area contributed by atoms with Gasteiger partial charge >= 0.3 is 0 Å². The highest BCUT2D eigenvalue weighted by molar-refractivity contribution is 7.99. The van der Waals surface area contributed by atoms with E-state index in [0.29, 0.717) is 0 Å². The second kappa shape index (κ2) is 9.43. The third kappa shape index (κ3) is 4.58. The molecule has 29 heavy (non-hydrogen) atoms. The summed E-state index contributed by atoms with van der Waals surface area (Å²) in [6, 6.07) is 0.559. The molecule has 0 spiro atoms. The maximum atomic E-state index is 13.5. The summed E-state index contributed by atoms with van der Waals surface area (Å²) in [5.74, 6) is -3.60. The van der Waals surface area contributed by atoms with Gasteiger partial charge in [-0.15, -0.1) is 16.9 Å². The third-order valence-corrected chi connectivity index (χ3v) is 5.97. The highest BCUT2D eigenvalue weighted by Crippen LogP contribution is 2.35. The first-order chi connectivity index (χ1) is 13.9. The van der Waals surface area contributed by atoms with Crippen molar-refractivity contribution in [3.8, 4) is 11.3 Å². The van der Waals surface area contributed by atoms with Gasteiger partial charge in [0.15, 0.2) is 17.5 Å². The van der Waals surface area contributed by atoms with Gasteiger partial charge in [-0.1, -0.05) is 18.6 Å². The lowest BCUT2D eigenvalue weighted by Crippen LogP contribution is -2.55. The first kappa shape index (κ1) is 22.0. The van der Waals surface area contributed by atoms with Crippen molar-refractivity contribution in [2.75, 3.05) is 12.4 Å². The monoisotopic (exact) mass is 433 g/mol. The largest absolute Gasteiger partial charge is 0.394 e.